The SMILES string of the molecule is N#CCc1cc(C(=O)N2CCCCCC2)ccn1. The van der Waals surface area contributed by atoms with E-state index in [-0.39, 0.29) is 12.3 Å². The molecule has 0 atom stereocenters. The number of aromatic nitrogens is 1. The number of pyridine rings is 1. The van der Waals surface area contributed by atoms with Crippen LogP contribution in [-0.4, -0.2) is 28.9 Å². The van der Waals surface area contributed by atoms with Gasteiger partial charge < -0.3 is 4.90 Å². The highest BCUT2D eigenvalue weighted by Crippen LogP contribution is 2.13. The van der Waals surface area contributed by atoms with Crippen molar-refractivity contribution in [3.8, 4) is 6.07 Å². The smallest absolute Gasteiger partial charge is 0.253 e. The van der Waals surface area contributed by atoms with Gasteiger partial charge in [0.25, 0.3) is 5.91 Å². The molecule has 1 saturated heterocycles. The van der Waals surface area contributed by atoms with Gasteiger partial charge in [-0.25, -0.2) is 0 Å². The highest BCUT2D eigenvalue weighted by Gasteiger charge is 2.17. The number of nitrogens with zero attached hydrogens (tertiary/aromatic N) is 3. The summed E-state index contributed by atoms with van der Waals surface area (Å²) in [5, 5.41) is 8.65. The number of rotatable bonds is 2. The normalized spacial score (nSPS) is 15.8. The fourth-order valence-electron chi connectivity index (χ4n) is 2.25. The van der Waals surface area contributed by atoms with Crippen LogP contribution in [-0.2, 0) is 6.42 Å². The van der Waals surface area contributed by atoms with Gasteiger partial charge in [-0.2, -0.15) is 5.26 Å². The third-order valence-electron chi connectivity index (χ3n) is 3.22. The summed E-state index contributed by atoms with van der Waals surface area (Å²) in [6.07, 6.45) is 6.45. The Morgan fingerprint density at radius 3 is 2.72 bits per heavy atom. The maximum Gasteiger partial charge on any atom is 0.253 e. The second kappa shape index (κ2) is 6.15. The molecule has 2 rings (SSSR count). The first-order chi connectivity index (χ1) is 8.81. The van der Waals surface area contributed by atoms with E-state index in [2.05, 4.69) is 11.1 Å². The Morgan fingerprint density at radius 1 is 1.33 bits per heavy atom. The van der Waals surface area contributed by atoms with E-state index in [1.807, 2.05) is 4.90 Å². The molecule has 94 valence electrons. The van der Waals surface area contributed by atoms with E-state index >= 15 is 0 Å². The zero-order valence-electron chi connectivity index (χ0n) is 10.4. The second-order valence-corrected chi connectivity index (χ2v) is 4.58. The lowest BCUT2D eigenvalue weighted by Gasteiger charge is -2.20. The van der Waals surface area contributed by atoms with Gasteiger partial charge in [-0.3, -0.25) is 9.78 Å². The van der Waals surface area contributed by atoms with Crippen LogP contribution in [0.1, 0.15) is 41.7 Å². The molecule has 0 spiro atoms. The minimum absolute atomic E-state index is 0.0680. The zero-order chi connectivity index (χ0) is 12.8. The summed E-state index contributed by atoms with van der Waals surface area (Å²) in [7, 11) is 0. The second-order valence-electron chi connectivity index (χ2n) is 4.58. The summed E-state index contributed by atoms with van der Waals surface area (Å²) >= 11 is 0. The van der Waals surface area contributed by atoms with Gasteiger partial charge in [-0.15, -0.1) is 0 Å². The van der Waals surface area contributed by atoms with E-state index in [0.29, 0.717) is 11.3 Å². The molecule has 1 aromatic heterocycles. The summed E-state index contributed by atoms with van der Waals surface area (Å²) < 4.78 is 0. The molecule has 1 aliphatic rings. The number of hydrogen-bond donors (Lipinski definition) is 0. The monoisotopic (exact) mass is 243 g/mol. The van der Waals surface area contributed by atoms with Crippen molar-refractivity contribution in [3.63, 3.8) is 0 Å². The molecule has 0 saturated carbocycles. The van der Waals surface area contributed by atoms with Crippen molar-refractivity contribution in [2.75, 3.05) is 13.1 Å². The van der Waals surface area contributed by atoms with Gasteiger partial charge in [0.05, 0.1) is 18.2 Å². The summed E-state index contributed by atoms with van der Waals surface area (Å²) in [4.78, 5) is 18.3. The molecule has 4 nitrogen and oxygen atoms in total. The van der Waals surface area contributed by atoms with Gasteiger partial charge in [0.2, 0.25) is 0 Å². The minimum Gasteiger partial charge on any atom is -0.339 e. The third-order valence-corrected chi connectivity index (χ3v) is 3.22. The summed E-state index contributed by atoms with van der Waals surface area (Å²) in [6.45, 7) is 1.68. The minimum atomic E-state index is 0.0680. The molecule has 0 aromatic carbocycles. The van der Waals surface area contributed by atoms with Crippen LogP contribution in [0, 0.1) is 11.3 Å². The van der Waals surface area contributed by atoms with E-state index in [0.717, 1.165) is 25.9 Å². The van der Waals surface area contributed by atoms with E-state index in [4.69, 9.17) is 5.26 Å². The molecule has 1 fully saturated rings. The molecular formula is C14H17N3O. The molecular weight excluding hydrogens is 226 g/mol. The van der Waals surface area contributed by atoms with Crippen LogP contribution in [0.5, 0.6) is 0 Å². The van der Waals surface area contributed by atoms with Crippen LogP contribution in [0.25, 0.3) is 0 Å². The number of hydrogen-bond acceptors (Lipinski definition) is 3. The van der Waals surface area contributed by atoms with E-state index in [1.54, 1.807) is 18.3 Å². The Kier molecular flexibility index (Phi) is 4.30. The van der Waals surface area contributed by atoms with Gasteiger partial charge in [-0.1, -0.05) is 12.8 Å². The Balaban J connectivity index is 2.12. The molecule has 0 bridgehead atoms. The van der Waals surface area contributed by atoms with Gasteiger partial charge in [0, 0.05) is 24.8 Å². The number of nitriles is 1. The molecule has 0 unspecified atom stereocenters. The van der Waals surface area contributed by atoms with Crippen LogP contribution >= 0.6 is 0 Å². The van der Waals surface area contributed by atoms with Gasteiger partial charge in [0.15, 0.2) is 0 Å². The van der Waals surface area contributed by atoms with Crippen LogP contribution in [0.3, 0.4) is 0 Å². The maximum absolute atomic E-state index is 12.3. The maximum atomic E-state index is 12.3. The third kappa shape index (κ3) is 3.07. The van der Waals surface area contributed by atoms with Crippen molar-refractivity contribution in [1.82, 2.24) is 9.88 Å². The first-order valence-corrected chi connectivity index (χ1v) is 6.42. The van der Waals surface area contributed by atoms with Crippen molar-refractivity contribution in [3.05, 3.63) is 29.6 Å². The number of carbonyl (C=O) groups excluding carboxylic acids is 1. The molecule has 0 radical (unpaired) electrons. The Hall–Kier alpha value is -1.89. The lowest BCUT2D eigenvalue weighted by molar-refractivity contribution is 0.0761. The predicted molar refractivity (Wildman–Crippen MR) is 67.9 cm³/mol. The fraction of sp³-hybridized carbons (Fsp3) is 0.500. The first kappa shape index (κ1) is 12.6. The first-order valence-electron chi connectivity index (χ1n) is 6.42. The topological polar surface area (TPSA) is 57.0 Å². The molecule has 0 N–H and O–H groups in total. The molecule has 4 heteroatoms. The predicted octanol–water partition coefficient (Wildman–Crippen LogP) is 2.16. The number of likely N-dealkylation sites (tertiary alicyclic amines) is 1. The highest BCUT2D eigenvalue weighted by atomic mass is 16.2. The highest BCUT2D eigenvalue weighted by molar-refractivity contribution is 5.94. The summed E-state index contributed by atoms with van der Waals surface area (Å²) in [5.41, 5.74) is 1.32. The number of carbonyl (C=O) groups is 1. The average Bonchev–Trinajstić information content (AvgIpc) is 2.67. The largest absolute Gasteiger partial charge is 0.339 e. The molecule has 18 heavy (non-hydrogen) atoms. The van der Waals surface area contributed by atoms with E-state index in [1.165, 1.54) is 12.8 Å². The van der Waals surface area contributed by atoms with Crippen LogP contribution in [0.15, 0.2) is 18.3 Å². The summed E-state index contributed by atoms with van der Waals surface area (Å²) in [6, 6.07) is 5.52. The van der Waals surface area contributed by atoms with Crippen molar-refractivity contribution in [2.24, 2.45) is 0 Å². The van der Waals surface area contributed by atoms with Crippen LogP contribution < -0.4 is 0 Å². The van der Waals surface area contributed by atoms with Crippen LogP contribution in [0.4, 0.5) is 0 Å². The number of amides is 1. The summed E-state index contributed by atoms with van der Waals surface area (Å²) in [5.74, 6) is 0.0680. The Bertz CT molecular complexity index is 456. The molecule has 2 heterocycles. The van der Waals surface area contributed by atoms with Crippen molar-refractivity contribution < 1.29 is 4.79 Å². The fourth-order valence-corrected chi connectivity index (χ4v) is 2.25. The van der Waals surface area contributed by atoms with Crippen molar-refractivity contribution >= 4 is 5.91 Å². The molecule has 0 aliphatic carbocycles. The zero-order valence-corrected chi connectivity index (χ0v) is 10.4. The van der Waals surface area contributed by atoms with Gasteiger partial charge in [-0.05, 0) is 25.0 Å². The molecule has 1 amide bonds. The van der Waals surface area contributed by atoms with Crippen molar-refractivity contribution in [1.29, 1.82) is 5.26 Å². The lowest BCUT2D eigenvalue weighted by atomic mass is 10.1. The standard InChI is InChI=1S/C14H17N3O/c15-7-5-13-11-12(6-8-16-13)14(18)17-9-3-1-2-4-10-17/h6,8,11H,1-5,9-10H2. The Labute approximate surface area is 107 Å². The van der Waals surface area contributed by atoms with E-state index in [9.17, 15) is 4.79 Å². The molecule has 1 aliphatic heterocycles. The average molecular weight is 243 g/mol. The quantitative estimate of drug-likeness (QED) is 0.799. The Morgan fingerprint density at radius 2 is 2.06 bits per heavy atom. The molecule has 1 aromatic rings. The van der Waals surface area contributed by atoms with Crippen LogP contribution in [0.2, 0.25) is 0 Å². The van der Waals surface area contributed by atoms with Crippen molar-refractivity contribution in [2.45, 2.75) is 32.1 Å². The van der Waals surface area contributed by atoms with E-state index < -0.39 is 0 Å². The van der Waals surface area contributed by atoms with Gasteiger partial charge >= 0.3 is 0 Å². The van der Waals surface area contributed by atoms with Gasteiger partial charge in [0.1, 0.15) is 0 Å². The lowest BCUT2D eigenvalue weighted by Crippen LogP contribution is -2.31.